The third-order valence-corrected chi connectivity index (χ3v) is 5.62. The van der Waals surface area contributed by atoms with Crippen molar-refractivity contribution in [1.82, 2.24) is 20.4 Å². The van der Waals surface area contributed by atoms with Gasteiger partial charge in [-0.25, -0.2) is 8.42 Å². The van der Waals surface area contributed by atoms with Gasteiger partial charge in [0.15, 0.2) is 9.84 Å². The predicted octanol–water partition coefficient (Wildman–Crippen LogP) is 0.466. The van der Waals surface area contributed by atoms with Crippen molar-refractivity contribution < 1.29 is 13.2 Å². The van der Waals surface area contributed by atoms with Crippen LogP contribution < -0.4 is 10.6 Å². The molecule has 0 radical (unpaired) electrons. The zero-order valence-electron chi connectivity index (χ0n) is 13.2. The third-order valence-electron chi connectivity index (χ3n) is 3.89. The highest BCUT2D eigenvalue weighted by Crippen LogP contribution is 2.11. The highest BCUT2D eigenvalue weighted by Gasteiger charge is 2.16. The number of nitrogens with one attached hydrogen (secondary N) is 2. The van der Waals surface area contributed by atoms with Crippen molar-refractivity contribution in [2.75, 3.05) is 12.3 Å². The number of carbonyl (C=O) groups excluding carboxylic acids is 1. The second-order valence-electron chi connectivity index (χ2n) is 5.69. The molecule has 2 N–H and O–H groups in total. The summed E-state index contributed by atoms with van der Waals surface area (Å²) in [5.41, 5.74) is 1.88. The largest absolute Gasteiger partial charge is 0.350 e. The highest BCUT2D eigenvalue weighted by atomic mass is 32.2. The van der Waals surface area contributed by atoms with Gasteiger partial charge in [0.25, 0.3) is 0 Å². The molecule has 1 aromatic carbocycles. The highest BCUT2D eigenvalue weighted by molar-refractivity contribution is 7.91. The number of amides is 1. The summed E-state index contributed by atoms with van der Waals surface area (Å²) in [4.78, 5) is 12.2. The molecule has 24 heavy (non-hydrogen) atoms. The summed E-state index contributed by atoms with van der Waals surface area (Å²) in [7, 11) is -3.43. The topological polar surface area (TPSA) is 93.1 Å². The molecule has 2 heterocycles. The summed E-state index contributed by atoms with van der Waals surface area (Å²) in [6.07, 6.45) is -0.0631. The van der Waals surface area contributed by atoms with Crippen LogP contribution in [-0.4, -0.2) is 36.4 Å². The summed E-state index contributed by atoms with van der Waals surface area (Å²) in [6, 6.07) is 10.1. The van der Waals surface area contributed by atoms with E-state index in [1.807, 2.05) is 10.7 Å². The summed E-state index contributed by atoms with van der Waals surface area (Å²) < 4.78 is 26.2. The number of hydrogen-bond donors (Lipinski definition) is 2. The maximum absolute atomic E-state index is 12.1. The molecule has 0 fully saturated rings. The molecule has 128 valence electrons. The second kappa shape index (κ2) is 7.14. The van der Waals surface area contributed by atoms with Gasteiger partial charge in [-0.05, 0) is 18.2 Å². The lowest BCUT2D eigenvalue weighted by Gasteiger charge is -2.13. The Balaban J connectivity index is 1.50. The van der Waals surface area contributed by atoms with E-state index in [0.29, 0.717) is 6.54 Å². The number of fused-ring (bicyclic) bond motifs is 1. The molecule has 0 spiro atoms. The van der Waals surface area contributed by atoms with Crippen molar-refractivity contribution in [3.63, 3.8) is 0 Å². The van der Waals surface area contributed by atoms with E-state index in [9.17, 15) is 13.2 Å². The average Bonchev–Trinajstić information content (AvgIpc) is 3.02. The van der Waals surface area contributed by atoms with Crippen LogP contribution in [0.1, 0.15) is 17.8 Å². The Labute approximate surface area is 141 Å². The van der Waals surface area contributed by atoms with Crippen molar-refractivity contribution in [2.24, 2.45) is 0 Å². The zero-order valence-corrected chi connectivity index (χ0v) is 14.1. The molecule has 1 amide bonds. The fourth-order valence-electron chi connectivity index (χ4n) is 2.59. The standard InChI is InChI=1S/C16H20N4O3S/c21-16(6-9-24(22,23)15-4-2-1-3-5-15)18-11-13-10-14-12-17-7-8-20(14)19-13/h1-5,10,17H,6-9,11-12H2,(H,18,21). The minimum atomic E-state index is -3.43. The minimum absolute atomic E-state index is 0.0631. The van der Waals surface area contributed by atoms with Crippen LogP contribution in [0.5, 0.6) is 0 Å². The van der Waals surface area contributed by atoms with Gasteiger partial charge >= 0.3 is 0 Å². The van der Waals surface area contributed by atoms with Gasteiger partial charge in [0.1, 0.15) is 0 Å². The van der Waals surface area contributed by atoms with Crippen molar-refractivity contribution in [2.45, 2.75) is 31.0 Å². The fraction of sp³-hybridized carbons (Fsp3) is 0.375. The van der Waals surface area contributed by atoms with E-state index in [0.717, 1.165) is 31.0 Å². The summed E-state index contributed by atoms with van der Waals surface area (Å²) in [6.45, 7) is 2.79. The van der Waals surface area contributed by atoms with Gasteiger partial charge in [-0.3, -0.25) is 9.48 Å². The number of nitrogens with zero attached hydrogens (tertiary/aromatic N) is 2. The van der Waals surface area contributed by atoms with Crippen LogP contribution in [0.2, 0.25) is 0 Å². The molecule has 0 aliphatic carbocycles. The fourth-order valence-corrected chi connectivity index (χ4v) is 3.85. The Hall–Kier alpha value is -2.19. The molecule has 7 nitrogen and oxygen atoms in total. The maximum Gasteiger partial charge on any atom is 0.221 e. The Kier molecular flexibility index (Phi) is 4.96. The average molecular weight is 348 g/mol. The lowest BCUT2D eigenvalue weighted by molar-refractivity contribution is -0.120. The Bertz CT molecular complexity index is 792. The van der Waals surface area contributed by atoms with Gasteiger partial charge in [0.2, 0.25) is 5.91 Å². The molecule has 0 bridgehead atoms. The molecule has 0 saturated heterocycles. The molecule has 1 aliphatic rings. The summed E-state index contributed by atoms with van der Waals surface area (Å²) in [5, 5.41) is 10.4. The summed E-state index contributed by atoms with van der Waals surface area (Å²) in [5.74, 6) is -0.495. The van der Waals surface area contributed by atoms with Crippen LogP contribution in [0.4, 0.5) is 0 Å². The van der Waals surface area contributed by atoms with Gasteiger partial charge in [-0.2, -0.15) is 5.10 Å². The van der Waals surface area contributed by atoms with Crippen LogP contribution in [0.25, 0.3) is 0 Å². The SMILES string of the molecule is O=C(CCS(=O)(=O)c1ccccc1)NCc1cc2n(n1)CCNC2. The van der Waals surface area contributed by atoms with Gasteiger partial charge in [-0.1, -0.05) is 18.2 Å². The van der Waals surface area contributed by atoms with E-state index < -0.39 is 9.84 Å². The van der Waals surface area contributed by atoms with Gasteiger partial charge < -0.3 is 10.6 Å². The van der Waals surface area contributed by atoms with E-state index in [2.05, 4.69) is 15.7 Å². The number of sulfone groups is 1. The lowest BCUT2D eigenvalue weighted by Crippen LogP contribution is -2.28. The minimum Gasteiger partial charge on any atom is -0.350 e. The van der Waals surface area contributed by atoms with Crippen LogP contribution in [0.15, 0.2) is 41.3 Å². The van der Waals surface area contributed by atoms with Gasteiger partial charge in [-0.15, -0.1) is 0 Å². The molecular weight excluding hydrogens is 328 g/mol. The predicted molar refractivity (Wildman–Crippen MR) is 88.9 cm³/mol. The molecule has 8 heteroatoms. The number of aromatic nitrogens is 2. The number of carbonyl (C=O) groups is 1. The molecule has 2 aromatic rings. The smallest absolute Gasteiger partial charge is 0.221 e. The molecule has 0 unspecified atom stereocenters. The second-order valence-corrected chi connectivity index (χ2v) is 7.79. The van der Waals surface area contributed by atoms with Crippen LogP contribution >= 0.6 is 0 Å². The van der Waals surface area contributed by atoms with E-state index in [1.165, 1.54) is 12.1 Å². The molecule has 1 aliphatic heterocycles. The lowest BCUT2D eigenvalue weighted by atomic mass is 10.3. The summed E-state index contributed by atoms with van der Waals surface area (Å²) >= 11 is 0. The first-order valence-electron chi connectivity index (χ1n) is 7.85. The number of rotatable bonds is 6. The Morgan fingerprint density at radius 1 is 1.29 bits per heavy atom. The first-order valence-corrected chi connectivity index (χ1v) is 9.51. The number of hydrogen-bond acceptors (Lipinski definition) is 5. The van der Waals surface area contributed by atoms with Crippen LogP contribution in [0, 0.1) is 0 Å². The molecular formula is C16H20N4O3S. The Morgan fingerprint density at radius 3 is 2.83 bits per heavy atom. The van der Waals surface area contributed by atoms with Crippen molar-refractivity contribution in [3.05, 3.63) is 47.8 Å². The Morgan fingerprint density at radius 2 is 2.08 bits per heavy atom. The van der Waals surface area contributed by atoms with Gasteiger partial charge in [0.05, 0.1) is 35.1 Å². The maximum atomic E-state index is 12.1. The van der Waals surface area contributed by atoms with Crippen molar-refractivity contribution in [3.8, 4) is 0 Å². The van der Waals surface area contributed by atoms with Crippen molar-refractivity contribution in [1.29, 1.82) is 0 Å². The molecule has 3 rings (SSSR count). The van der Waals surface area contributed by atoms with E-state index in [-0.39, 0.29) is 23.0 Å². The quantitative estimate of drug-likeness (QED) is 0.791. The van der Waals surface area contributed by atoms with E-state index >= 15 is 0 Å². The monoisotopic (exact) mass is 348 g/mol. The zero-order chi connectivity index (χ0) is 17.0. The third kappa shape index (κ3) is 4.01. The molecule has 1 aromatic heterocycles. The first-order chi connectivity index (χ1) is 11.5. The van der Waals surface area contributed by atoms with Crippen LogP contribution in [-0.2, 0) is 34.3 Å². The van der Waals surface area contributed by atoms with E-state index in [4.69, 9.17) is 0 Å². The van der Waals surface area contributed by atoms with E-state index in [1.54, 1.807) is 18.2 Å². The van der Waals surface area contributed by atoms with Crippen LogP contribution in [0.3, 0.4) is 0 Å². The normalized spacial score (nSPS) is 14.2. The first kappa shape index (κ1) is 16.7. The van der Waals surface area contributed by atoms with Crippen molar-refractivity contribution >= 4 is 15.7 Å². The van der Waals surface area contributed by atoms with Gasteiger partial charge in [0, 0.05) is 19.5 Å². The molecule has 0 saturated carbocycles. The number of benzene rings is 1. The molecule has 0 atom stereocenters.